The summed E-state index contributed by atoms with van der Waals surface area (Å²) in [7, 11) is 0. The van der Waals surface area contributed by atoms with E-state index in [9.17, 15) is 13.2 Å². The van der Waals surface area contributed by atoms with Gasteiger partial charge in [-0.2, -0.15) is 13.2 Å². The van der Waals surface area contributed by atoms with Crippen LogP contribution in [0.2, 0.25) is 0 Å². The molecule has 0 saturated heterocycles. The molecule has 2 unspecified atom stereocenters. The van der Waals surface area contributed by atoms with Crippen molar-refractivity contribution in [3.05, 3.63) is 47.5 Å². The van der Waals surface area contributed by atoms with Crippen LogP contribution in [-0.4, -0.2) is 0 Å². The van der Waals surface area contributed by atoms with Crippen molar-refractivity contribution < 1.29 is 13.2 Å². The lowest BCUT2D eigenvalue weighted by molar-refractivity contribution is -0.137. The van der Waals surface area contributed by atoms with E-state index in [1.54, 1.807) is 12.1 Å². The zero-order chi connectivity index (χ0) is 12.5. The Balaban J connectivity index is 2.16. The number of alkyl halides is 3. The number of rotatable bonds is 1. The lowest BCUT2D eigenvalue weighted by Crippen LogP contribution is -2.07. The van der Waals surface area contributed by atoms with Crippen LogP contribution in [0.4, 0.5) is 13.2 Å². The minimum Gasteiger partial charge on any atom is -0.166 e. The molecule has 0 saturated carbocycles. The van der Waals surface area contributed by atoms with Gasteiger partial charge in [0.25, 0.3) is 0 Å². The van der Waals surface area contributed by atoms with Crippen molar-refractivity contribution in [1.29, 1.82) is 0 Å². The summed E-state index contributed by atoms with van der Waals surface area (Å²) < 4.78 is 37.2. The van der Waals surface area contributed by atoms with Crippen LogP contribution in [0.5, 0.6) is 0 Å². The first-order valence-corrected chi connectivity index (χ1v) is 5.82. The molecule has 0 heterocycles. The normalized spacial score (nSPS) is 24.9. The number of hydrogen-bond acceptors (Lipinski definition) is 0. The van der Waals surface area contributed by atoms with Gasteiger partial charge in [-0.3, -0.25) is 0 Å². The smallest absolute Gasteiger partial charge is 0.166 e. The average molecular weight is 240 g/mol. The van der Waals surface area contributed by atoms with Gasteiger partial charge in [0.1, 0.15) is 0 Å². The second-order valence-electron chi connectivity index (χ2n) is 4.67. The summed E-state index contributed by atoms with van der Waals surface area (Å²) >= 11 is 0. The minimum atomic E-state index is -4.24. The fraction of sp³-hybridized carbons (Fsp3) is 0.429. The molecule has 0 spiro atoms. The van der Waals surface area contributed by atoms with Crippen molar-refractivity contribution in [3.8, 4) is 0 Å². The van der Waals surface area contributed by atoms with Crippen LogP contribution in [0.25, 0.3) is 0 Å². The molecule has 2 rings (SSSR count). The third kappa shape index (κ3) is 2.90. The second kappa shape index (κ2) is 4.55. The van der Waals surface area contributed by atoms with Gasteiger partial charge >= 0.3 is 6.18 Å². The topological polar surface area (TPSA) is 0 Å². The van der Waals surface area contributed by atoms with E-state index in [0.29, 0.717) is 5.92 Å². The van der Waals surface area contributed by atoms with Gasteiger partial charge < -0.3 is 0 Å². The van der Waals surface area contributed by atoms with E-state index in [1.165, 1.54) is 12.1 Å². The fourth-order valence-electron chi connectivity index (χ4n) is 2.16. The third-order valence-corrected chi connectivity index (χ3v) is 3.27. The van der Waals surface area contributed by atoms with E-state index in [1.807, 2.05) is 0 Å². The predicted octanol–water partition coefficient (Wildman–Crippen LogP) is 4.78. The summed E-state index contributed by atoms with van der Waals surface area (Å²) in [4.78, 5) is 0. The highest BCUT2D eigenvalue weighted by atomic mass is 19.4. The molecule has 0 nitrogen and oxygen atoms in total. The summed E-state index contributed by atoms with van der Waals surface area (Å²) in [6.07, 6.45) is 2.13. The van der Waals surface area contributed by atoms with Crippen molar-refractivity contribution in [2.45, 2.75) is 31.9 Å². The molecule has 0 fully saturated rings. The van der Waals surface area contributed by atoms with Crippen LogP contribution in [0.1, 0.15) is 36.8 Å². The van der Waals surface area contributed by atoms with Crippen molar-refractivity contribution in [2.24, 2.45) is 5.92 Å². The van der Waals surface area contributed by atoms with Crippen LogP contribution >= 0.6 is 0 Å². The molecule has 0 aliphatic heterocycles. The van der Waals surface area contributed by atoms with E-state index in [4.69, 9.17) is 0 Å². The van der Waals surface area contributed by atoms with Gasteiger partial charge in [-0.05, 0) is 36.5 Å². The second-order valence-corrected chi connectivity index (χ2v) is 4.67. The molecule has 1 aromatic rings. The molecule has 0 bridgehead atoms. The molecule has 1 aliphatic carbocycles. The summed E-state index contributed by atoms with van der Waals surface area (Å²) in [5, 5.41) is 0. The Morgan fingerprint density at radius 2 is 1.65 bits per heavy atom. The van der Waals surface area contributed by atoms with Crippen LogP contribution < -0.4 is 0 Å². The summed E-state index contributed by atoms with van der Waals surface area (Å²) in [5.74, 6) is 0.856. The van der Waals surface area contributed by atoms with Crippen LogP contribution in [0.3, 0.4) is 0 Å². The van der Waals surface area contributed by atoms with Gasteiger partial charge in [0, 0.05) is 5.92 Å². The molecule has 1 aliphatic rings. The Hall–Kier alpha value is -1.25. The Morgan fingerprint density at radius 3 is 2.12 bits per heavy atom. The SMILES string of the molecule is CC1C=CC(c2ccc(C(F)(F)F)cc2)CC1. The van der Waals surface area contributed by atoms with Crippen molar-refractivity contribution in [1.82, 2.24) is 0 Å². The molecule has 92 valence electrons. The molecule has 3 heteroatoms. The minimum absolute atomic E-state index is 0.272. The number of halogens is 3. The van der Waals surface area contributed by atoms with Gasteiger partial charge in [-0.15, -0.1) is 0 Å². The van der Waals surface area contributed by atoms with Gasteiger partial charge in [0.05, 0.1) is 5.56 Å². The Morgan fingerprint density at radius 1 is 1.00 bits per heavy atom. The predicted molar refractivity (Wildman–Crippen MR) is 61.7 cm³/mol. The first-order chi connectivity index (χ1) is 7.97. The van der Waals surface area contributed by atoms with E-state index in [2.05, 4.69) is 19.1 Å². The van der Waals surface area contributed by atoms with E-state index < -0.39 is 11.7 Å². The maximum Gasteiger partial charge on any atom is 0.416 e. The first kappa shape index (κ1) is 12.2. The van der Waals surface area contributed by atoms with Crippen LogP contribution in [0, 0.1) is 5.92 Å². The largest absolute Gasteiger partial charge is 0.416 e. The lowest BCUT2D eigenvalue weighted by atomic mass is 9.85. The molecular formula is C14H15F3. The average Bonchev–Trinajstić information content (AvgIpc) is 2.29. The van der Waals surface area contributed by atoms with Crippen LogP contribution in [0.15, 0.2) is 36.4 Å². The molecule has 0 N–H and O–H groups in total. The maximum atomic E-state index is 12.4. The summed E-state index contributed by atoms with van der Waals surface area (Å²) in [5.41, 5.74) is 0.399. The van der Waals surface area contributed by atoms with E-state index in [-0.39, 0.29) is 5.92 Å². The monoisotopic (exact) mass is 240 g/mol. The standard InChI is InChI=1S/C14H15F3/c1-10-2-4-11(5-3-10)12-6-8-13(9-7-12)14(15,16)17/h2,4,6-11H,3,5H2,1H3. The molecule has 0 amide bonds. The number of allylic oxidation sites excluding steroid dienone is 2. The molecule has 0 radical (unpaired) electrons. The molecule has 2 atom stereocenters. The Kier molecular flexibility index (Phi) is 3.27. The van der Waals surface area contributed by atoms with Gasteiger partial charge in [0.2, 0.25) is 0 Å². The highest BCUT2D eigenvalue weighted by Crippen LogP contribution is 2.33. The van der Waals surface area contributed by atoms with Gasteiger partial charge in [-0.25, -0.2) is 0 Å². The van der Waals surface area contributed by atoms with Gasteiger partial charge in [0.15, 0.2) is 0 Å². The van der Waals surface area contributed by atoms with Crippen molar-refractivity contribution in [3.63, 3.8) is 0 Å². The molecule has 0 aromatic heterocycles. The molecule has 1 aromatic carbocycles. The number of benzene rings is 1. The van der Waals surface area contributed by atoms with Crippen LogP contribution in [-0.2, 0) is 6.18 Å². The zero-order valence-electron chi connectivity index (χ0n) is 9.67. The number of hydrogen-bond donors (Lipinski definition) is 0. The molecular weight excluding hydrogens is 225 g/mol. The van der Waals surface area contributed by atoms with Crippen molar-refractivity contribution in [2.75, 3.05) is 0 Å². The summed E-state index contributed by atoms with van der Waals surface area (Å²) in [6.45, 7) is 2.15. The highest BCUT2D eigenvalue weighted by molar-refractivity contribution is 5.30. The highest BCUT2D eigenvalue weighted by Gasteiger charge is 2.30. The first-order valence-electron chi connectivity index (χ1n) is 5.82. The third-order valence-electron chi connectivity index (χ3n) is 3.27. The zero-order valence-corrected chi connectivity index (χ0v) is 9.67. The maximum absolute atomic E-state index is 12.4. The quantitative estimate of drug-likeness (QED) is 0.620. The lowest BCUT2D eigenvalue weighted by Gasteiger charge is -2.20. The Bertz CT molecular complexity index is 400. The Labute approximate surface area is 99.2 Å². The van der Waals surface area contributed by atoms with Gasteiger partial charge in [-0.1, -0.05) is 31.2 Å². The molecule has 17 heavy (non-hydrogen) atoms. The van der Waals surface area contributed by atoms with E-state index in [0.717, 1.165) is 18.4 Å². The van der Waals surface area contributed by atoms with E-state index >= 15 is 0 Å². The van der Waals surface area contributed by atoms with Crippen molar-refractivity contribution >= 4 is 0 Å². The summed E-state index contributed by atoms with van der Waals surface area (Å²) in [6, 6.07) is 5.52. The fourth-order valence-corrected chi connectivity index (χ4v) is 2.16.